The Morgan fingerprint density at radius 3 is 1.36 bits per heavy atom. The van der Waals surface area contributed by atoms with Gasteiger partial charge in [-0.25, -0.2) is 0 Å². The van der Waals surface area contributed by atoms with E-state index < -0.39 is 0 Å². The molecular weight excluding hydrogens is 276 g/mol. The Morgan fingerprint density at radius 1 is 0.545 bits per heavy atom. The second-order valence-corrected chi connectivity index (χ2v) is 4.76. The summed E-state index contributed by atoms with van der Waals surface area (Å²) in [5.74, 6) is 2.41. The van der Waals surface area contributed by atoms with E-state index in [9.17, 15) is 0 Å². The Kier molecular flexibility index (Phi) is 3.83. The highest BCUT2D eigenvalue weighted by Gasteiger charge is 2.10. The van der Waals surface area contributed by atoms with Crippen molar-refractivity contribution in [3.63, 3.8) is 0 Å². The summed E-state index contributed by atoms with van der Waals surface area (Å²) in [5.41, 5.74) is 12.9. The quantitative estimate of drug-likeness (QED) is 0.698. The second-order valence-electron chi connectivity index (χ2n) is 4.76. The Hall–Kier alpha value is -3.14. The van der Waals surface area contributed by atoms with Crippen LogP contribution in [0.4, 0.5) is 11.4 Å². The molecule has 22 heavy (non-hydrogen) atoms. The van der Waals surface area contributed by atoms with Crippen LogP contribution in [0, 0.1) is 0 Å². The molecule has 110 valence electrons. The molecular formula is C18H16N2O2. The molecule has 0 heterocycles. The van der Waals surface area contributed by atoms with Gasteiger partial charge in [-0.05, 0) is 30.3 Å². The van der Waals surface area contributed by atoms with Gasteiger partial charge in [-0.2, -0.15) is 0 Å². The standard InChI is InChI=1S/C18H16N2O2/c19-15-11-16(20)18(22-14-9-5-2-6-10-14)12-17(15)21-13-7-3-1-4-8-13/h1-12H,19-20H2. The minimum atomic E-state index is 0.460. The summed E-state index contributed by atoms with van der Waals surface area (Å²) < 4.78 is 11.6. The van der Waals surface area contributed by atoms with Crippen LogP contribution in [-0.4, -0.2) is 0 Å². The molecule has 4 N–H and O–H groups in total. The normalized spacial score (nSPS) is 10.2. The van der Waals surface area contributed by atoms with Gasteiger partial charge in [-0.1, -0.05) is 36.4 Å². The van der Waals surface area contributed by atoms with E-state index >= 15 is 0 Å². The molecule has 3 rings (SSSR count). The van der Waals surface area contributed by atoms with Gasteiger partial charge in [-0.15, -0.1) is 0 Å². The van der Waals surface area contributed by atoms with Crippen molar-refractivity contribution in [3.8, 4) is 23.0 Å². The highest BCUT2D eigenvalue weighted by molar-refractivity contribution is 5.68. The maximum absolute atomic E-state index is 5.97. The SMILES string of the molecule is Nc1cc(N)c(Oc2ccccc2)cc1Oc1ccccc1. The van der Waals surface area contributed by atoms with Crippen LogP contribution in [0.2, 0.25) is 0 Å². The number of para-hydroxylation sites is 2. The van der Waals surface area contributed by atoms with Gasteiger partial charge >= 0.3 is 0 Å². The van der Waals surface area contributed by atoms with Crippen molar-refractivity contribution >= 4 is 11.4 Å². The lowest BCUT2D eigenvalue weighted by atomic mass is 10.2. The Balaban J connectivity index is 1.90. The van der Waals surface area contributed by atoms with Gasteiger partial charge < -0.3 is 20.9 Å². The Morgan fingerprint density at radius 2 is 0.955 bits per heavy atom. The van der Waals surface area contributed by atoms with Gasteiger partial charge in [0.15, 0.2) is 11.5 Å². The van der Waals surface area contributed by atoms with Crippen molar-refractivity contribution in [1.29, 1.82) is 0 Å². The van der Waals surface area contributed by atoms with Crippen LogP contribution in [0.1, 0.15) is 0 Å². The van der Waals surface area contributed by atoms with E-state index in [-0.39, 0.29) is 0 Å². The molecule has 0 bridgehead atoms. The van der Waals surface area contributed by atoms with Crippen LogP contribution in [-0.2, 0) is 0 Å². The number of hydrogen-bond acceptors (Lipinski definition) is 4. The van der Waals surface area contributed by atoms with Crippen molar-refractivity contribution in [1.82, 2.24) is 0 Å². The molecule has 0 spiro atoms. The highest BCUT2D eigenvalue weighted by Crippen LogP contribution is 2.37. The van der Waals surface area contributed by atoms with E-state index in [0.29, 0.717) is 34.4 Å². The number of rotatable bonds is 4. The van der Waals surface area contributed by atoms with Crippen LogP contribution >= 0.6 is 0 Å². The first-order chi connectivity index (χ1) is 10.7. The van der Waals surface area contributed by atoms with Crippen molar-refractivity contribution in [3.05, 3.63) is 72.8 Å². The maximum Gasteiger partial charge on any atom is 0.154 e. The molecule has 0 radical (unpaired) electrons. The molecule has 0 aliphatic rings. The zero-order chi connectivity index (χ0) is 15.4. The number of hydrogen-bond donors (Lipinski definition) is 2. The minimum absolute atomic E-state index is 0.460. The molecule has 0 amide bonds. The van der Waals surface area contributed by atoms with Crippen molar-refractivity contribution < 1.29 is 9.47 Å². The van der Waals surface area contributed by atoms with Gasteiger partial charge in [-0.3, -0.25) is 0 Å². The van der Waals surface area contributed by atoms with E-state index in [1.165, 1.54) is 0 Å². The monoisotopic (exact) mass is 292 g/mol. The molecule has 0 atom stereocenters. The number of nitrogen functional groups attached to an aromatic ring is 2. The van der Waals surface area contributed by atoms with Gasteiger partial charge in [0.25, 0.3) is 0 Å². The molecule has 4 nitrogen and oxygen atoms in total. The molecule has 3 aromatic carbocycles. The summed E-state index contributed by atoms with van der Waals surface area (Å²) in [6.45, 7) is 0. The second kappa shape index (κ2) is 6.10. The first-order valence-electron chi connectivity index (χ1n) is 6.87. The Labute approximate surface area is 128 Å². The number of ether oxygens (including phenoxy) is 2. The fourth-order valence-corrected chi connectivity index (χ4v) is 2.00. The maximum atomic E-state index is 5.97. The van der Waals surface area contributed by atoms with E-state index in [1.807, 2.05) is 60.7 Å². The molecule has 0 fully saturated rings. The fourth-order valence-electron chi connectivity index (χ4n) is 2.00. The van der Waals surface area contributed by atoms with Crippen LogP contribution < -0.4 is 20.9 Å². The Bertz CT molecular complexity index is 696. The molecule has 0 saturated carbocycles. The van der Waals surface area contributed by atoms with Gasteiger partial charge in [0.2, 0.25) is 0 Å². The van der Waals surface area contributed by atoms with Gasteiger partial charge in [0.1, 0.15) is 11.5 Å². The number of benzene rings is 3. The van der Waals surface area contributed by atoms with Crippen molar-refractivity contribution in [2.24, 2.45) is 0 Å². The molecule has 0 aromatic heterocycles. The molecule has 0 saturated heterocycles. The summed E-state index contributed by atoms with van der Waals surface area (Å²) in [5, 5.41) is 0. The predicted molar refractivity (Wildman–Crippen MR) is 88.3 cm³/mol. The molecule has 0 aliphatic heterocycles. The first-order valence-corrected chi connectivity index (χ1v) is 6.87. The lowest BCUT2D eigenvalue weighted by Gasteiger charge is -2.13. The zero-order valence-electron chi connectivity index (χ0n) is 11.9. The lowest BCUT2D eigenvalue weighted by molar-refractivity contribution is 0.463. The molecule has 0 unspecified atom stereocenters. The average Bonchev–Trinajstić information content (AvgIpc) is 2.54. The van der Waals surface area contributed by atoms with Crippen LogP contribution in [0.3, 0.4) is 0 Å². The van der Waals surface area contributed by atoms with Crippen LogP contribution in [0.15, 0.2) is 72.8 Å². The van der Waals surface area contributed by atoms with Crippen molar-refractivity contribution in [2.75, 3.05) is 11.5 Å². The largest absolute Gasteiger partial charge is 0.455 e. The topological polar surface area (TPSA) is 70.5 Å². The fraction of sp³-hybridized carbons (Fsp3) is 0. The predicted octanol–water partition coefficient (Wildman–Crippen LogP) is 4.44. The lowest BCUT2D eigenvalue weighted by Crippen LogP contribution is -1.98. The van der Waals surface area contributed by atoms with Crippen LogP contribution in [0.25, 0.3) is 0 Å². The molecule has 3 aromatic rings. The van der Waals surface area contributed by atoms with E-state index in [1.54, 1.807) is 12.1 Å². The van der Waals surface area contributed by atoms with E-state index in [2.05, 4.69) is 0 Å². The number of nitrogens with two attached hydrogens (primary N) is 2. The molecule has 0 aliphatic carbocycles. The van der Waals surface area contributed by atoms with Gasteiger partial charge in [0, 0.05) is 6.07 Å². The third-order valence-electron chi connectivity index (χ3n) is 3.08. The smallest absolute Gasteiger partial charge is 0.154 e. The summed E-state index contributed by atoms with van der Waals surface area (Å²) in [6.07, 6.45) is 0. The van der Waals surface area contributed by atoms with Crippen LogP contribution in [0.5, 0.6) is 23.0 Å². The minimum Gasteiger partial charge on any atom is -0.455 e. The summed E-state index contributed by atoms with van der Waals surface area (Å²) in [7, 11) is 0. The summed E-state index contributed by atoms with van der Waals surface area (Å²) in [6, 6.07) is 22.2. The summed E-state index contributed by atoms with van der Waals surface area (Å²) >= 11 is 0. The average molecular weight is 292 g/mol. The molecule has 4 heteroatoms. The van der Waals surface area contributed by atoms with Gasteiger partial charge in [0.05, 0.1) is 11.4 Å². The first kappa shape index (κ1) is 13.8. The van der Waals surface area contributed by atoms with E-state index in [0.717, 1.165) is 0 Å². The zero-order valence-corrected chi connectivity index (χ0v) is 11.9. The summed E-state index contributed by atoms with van der Waals surface area (Å²) in [4.78, 5) is 0. The third-order valence-corrected chi connectivity index (χ3v) is 3.08. The highest BCUT2D eigenvalue weighted by atomic mass is 16.5. The van der Waals surface area contributed by atoms with Crippen molar-refractivity contribution in [2.45, 2.75) is 0 Å². The van der Waals surface area contributed by atoms with E-state index in [4.69, 9.17) is 20.9 Å². The number of anilines is 2. The third kappa shape index (κ3) is 3.12.